The number of amides is 2. The fourth-order valence-corrected chi connectivity index (χ4v) is 2.80. The number of rotatable bonds is 1. The van der Waals surface area contributed by atoms with Crippen LogP contribution in [-0.2, 0) is 9.59 Å². The topological polar surface area (TPSA) is 80.6 Å². The number of azo groups is 1. The summed E-state index contributed by atoms with van der Waals surface area (Å²) in [5.74, 6) is 0.0900. The first kappa shape index (κ1) is 11.4. The Balaban J connectivity index is 1.74. The molecule has 102 valence electrons. The van der Waals surface area contributed by atoms with Crippen LogP contribution < -0.4 is 14.4 Å². The van der Waals surface area contributed by atoms with Gasteiger partial charge in [0.05, 0.1) is 17.6 Å². The Morgan fingerprint density at radius 3 is 2.75 bits per heavy atom. The van der Waals surface area contributed by atoms with Crippen LogP contribution in [0.15, 0.2) is 28.4 Å². The lowest BCUT2D eigenvalue weighted by Gasteiger charge is -2.16. The van der Waals surface area contributed by atoms with E-state index in [0.29, 0.717) is 17.2 Å². The SMILES string of the molecule is CC1N=NC2C(=O)N(c3ccc4c(c3)OCO4)C(=O)C12. The third kappa shape index (κ3) is 1.34. The Bertz CT molecular complexity index is 657. The van der Waals surface area contributed by atoms with Crippen molar-refractivity contribution in [2.45, 2.75) is 19.0 Å². The van der Waals surface area contributed by atoms with E-state index < -0.39 is 12.0 Å². The molecule has 1 aromatic rings. The predicted molar refractivity (Wildman–Crippen MR) is 66.7 cm³/mol. The number of ether oxygens (including phenoxy) is 2. The van der Waals surface area contributed by atoms with Gasteiger partial charge in [0, 0.05) is 6.07 Å². The molecule has 7 heteroatoms. The lowest BCUT2D eigenvalue weighted by molar-refractivity contribution is -0.122. The number of fused-ring (bicyclic) bond motifs is 2. The highest BCUT2D eigenvalue weighted by Gasteiger charge is 2.54. The molecule has 0 saturated carbocycles. The van der Waals surface area contributed by atoms with Gasteiger partial charge in [-0.25, -0.2) is 4.90 Å². The van der Waals surface area contributed by atoms with E-state index in [1.165, 1.54) is 4.90 Å². The maximum absolute atomic E-state index is 12.4. The van der Waals surface area contributed by atoms with Gasteiger partial charge in [-0.3, -0.25) is 9.59 Å². The molecule has 3 aliphatic rings. The molecule has 3 heterocycles. The first-order chi connectivity index (χ1) is 9.66. The van der Waals surface area contributed by atoms with Crippen LogP contribution in [0.4, 0.5) is 5.69 Å². The molecular formula is C13H11N3O4. The van der Waals surface area contributed by atoms with Crippen molar-refractivity contribution in [2.24, 2.45) is 16.1 Å². The summed E-state index contributed by atoms with van der Waals surface area (Å²) in [5, 5.41) is 7.83. The summed E-state index contributed by atoms with van der Waals surface area (Å²) in [7, 11) is 0. The van der Waals surface area contributed by atoms with Crippen molar-refractivity contribution in [2.75, 3.05) is 11.7 Å². The first-order valence-corrected chi connectivity index (χ1v) is 6.34. The minimum Gasteiger partial charge on any atom is -0.454 e. The van der Waals surface area contributed by atoms with Gasteiger partial charge in [-0.2, -0.15) is 10.2 Å². The minimum absolute atomic E-state index is 0.150. The zero-order chi connectivity index (χ0) is 13.9. The maximum Gasteiger partial charge on any atom is 0.261 e. The summed E-state index contributed by atoms with van der Waals surface area (Å²) < 4.78 is 10.5. The Labute approximate surface area is 114 Å². The highest BCUT2D eigenvalue weighted by atomic mass is 16.7. The van der Waals surface area contributed by atoms with Gasteiger partial charge in [0.25, 0.3) is 5.91 Å². The smallest absolute Gasteiger partial charge is 0.261 e. The van der Waals surface area contributed by atoms with Crippen LogP contribution in [0.2, 0.25) is 0 Å². The molecule has 0 bridgehead atoms. The second kappa shape index (κ2) is 3.78. The van der Waals surface area contributed by atoms with E-state index in [9.17, 15) is 9.59 Å². The molecule has 1 aromatic carbocycles. The second-order valence-corrected chi connectivity index (χ2v) is 4.99. The Kier molecular flexibility index (Phi) is 2.15. The van der Waals surface area contributed by atoms with Crippen molar-refractivity contribution in [1.29, 1.82) is 0 Å². The molecule has 3 atom stereocenters. The van der Waals surface area contributed by atoms with Gasteiger partial charge < -0.3 is 9.47 Å². The summed E-state index contributed by atoms with van der Waals surface area (Å²) in [5.41, 5.74) is 0.487. The Morgan fingerprint density at radius 1 is 1.15 bits per heavy atom. The molecule has 1 fully saturated rings. The molecule has 20 heavy (non-hydrogen) atoms. The van der Waals surface area contributed by atoms with Gasteiger partial charge in [0.1, 0.15) is 0 Å². The van der Waals surface area contributed by atoms with Gasteiger partial charge in [0.2, 0.25) is 12.7 Å². The molecule has 1 saturated heterocycles. The molecule has 3 unspecified atom stereocenters. The molecule has 3 aliphatic heterocycles. The van der Waals surface area contributed by atoms with Gasteiger partial charge in [-0.15, -0.1) is 0 Å². The first-order valence-electron chi connectivity index (χ1n) is 6.34. The van der Waals surface area contributed by atoms with Crippen LogP contribution in [0.3, 0.4) is 0 Å². The van der Waals surface area contributed by atoms with Crippen LogP contribution in [0.5, 0.6) is 11.5 Å². The normalized spacial score (nSPS) is 30.2. The Morgan fingerprint density at radius 2 is 1.95 bits per heavy atom. The van der Waals surface area contributed by atoms with Crippen molar-refractivity contribution in [3.63, 3.8) is 0 Å². The Hall–Kier alpha value is -2.44. The zero-order valence-electron chi connectivity index (χ0n) is 10.6. The highest BCUT2D eigenvalue weighted by Crippen LogP contribution is 2.40. The van der Waals surface area contributed by atoms with Crippen molar-refractivity contribution in [3.05, 3.63) is 18.2 Å². The van der Waals surface area contributed by atoms with E-state index >= 15 is 0 Å². The summed E-state index contributed by atoms with van der Waals surface area (Å²) in [4.78, 5) is 25.9. The monoisotopic (exact) mass is 273 g/mol. The fourth-order valence-electron chi connectivity index (χ4n) is 2.80. The zero-order valence-corrected chi connectivity index (χ0v) is 10.6. The lowest BCUT2D eigenvalue weighted by atomic mass is 9.98. The molecule has 0 aliphatic carbocycles. The summed E-state index contributed by atoms with van der Waals surface area (Å²) in [6, 6.07) is 4.07. The van der Waals surface area contributed by atoms with Crippen molar-refractivity contribution >= 4 is 17.5 Å². The highest BCUT2D eigenvalue weighted by molar-refractivity contribution is 6.24. The standard InChI is InChI=1S/C13H11N3O4/c1-6-10-11(15-14-6)13(18)16(12(10)17)7-2-3-8-9(4-7)20-5-19-8/h2-4,6,10-11H,5H2,1H3. The summed E-state index contributed by atoms with van der Waals surface area (Å²) in [6.45, 7) is 1.94. The number of benzene rings is 1. The average Bonchev–Trinajstić information content (AvgIpc) is 3.09. The van der Waals surface area contributed by atoms with Gasteiger partial charge >= 0.3 is 0 Å². The van der Waals surface area contributed by atoms with E-state index in [2.05, 4.69) is 10.2 Å². The molecule has 0 radical (unpaired) electrons. The lowest BCUT2D eigenvalue weighted by Crippen LogP contribution is -2.32. The molecule has 0 spiro atoms. The van der Waals surface area contributed by atoms with Gasteiger partial charge in [-0.1, -0.05) is 0 Å². The molecule has 0 aromatic heterocycles. The van der Waals surface area contributed by atoms with E-state index in [-0.39, 0.29) is 24.6 Å². The van der Waals surface area contributed by atoms with E-state index in [4.69, 9.17) is 9.47 Å². The maximum atomic E-state index is 12.4. The quantitative estimate of drug-likeness (QED) is 0.718. The van der Waals surface area contributed by atoms with Crippen LogP contribution in [-0.4, -0.2) is 30.7 Å². The number of carbonyl (C=O) groups is 2. The van der Waals surface area contributed by atoms with Gasteiger partial charge in [0.15, 0.2) is 17.5 Å². The van der Waals surface area contributed by atoms with E-state index in [1.54, 1.807) is 25.1 Å². The number of hydrogen-bond acceptors (Lipinski definition) is 6. The van der Waals surface area contributed by atoms with Crippen molar-refractivity contribution in [3.8, 4) is 11.5 Å². The number of anilines is 1. The predicted octanol–water partition coefficient (Wildman–Crippen LogP) is 1.13. The minimum atomic E-state index is -0.678. The molecule has 0 N–H and O–H groups in total. The fraction of sp³-hybridized carbons (Fsp3) is 0.385. The number of carbonyl (C=O) groups excluding carboxylic acids is 2. The number of imide groups is 1. The summed E-state index contributed by atoms with van der Waals surface area (Å²) >= 11 is 0. The van der Waals surface area contributed by atoms with Crippen molar-refractivity contribution in [1.82, 2.24) is 0 Å². The summed E-state index contributed by atoms with van der Waals surface area (Å²) in [6.07, 6.45) is 0. The second-order valence-electron chi connectivity index (χ2n) is 4.99. The third-order valence-corrected chi connectivity index (χ3v) is 3.83. The average molecular weight is 273 g/mol. The van der Waals surface area contributed by atoms with Crippen molar-refractivity contribution < 1.29 is 19.1 Å². The van der Waals surface area contributed by atoms with E-state index in [1.807, 2.05) is 0 Å². The third-order valence-electron chi connectivity index (χ3n) is 3.83. The molecule has 4 rings (SSSR count). The number of hydrogen-bond donors (Lipinski definition) is 0. The largest absolute Gasteiger partial charge is 0.454 e. The molecule has 7 nitrogen and oxygen atoms in total. The van der Waals surface area contributed by atoms with Crippen LogP contribution in [0.1, 0.15) is 6.92 Å². The molecule has 2 amide bonds. The van der Waals surface area contributed by atoms with Crippen LogP contribution >= 0.6 is 0 Å². The van der Waals surface area contributed by atoms with E-state index in [0.717, 1.165) is 0 Å². The van der Waals surface area contributed by atoms with Crippen LogP contribution in [0.25, 0.3) is 0 Å². The molecular weight excluding hydrogens is 262 g/mol. The van der Waals surface area contributed by atoms with Crippen LogP contribution in [0, 0.1) is 5.92 Å². The van der Waals surface area contributed by atoms with Gasteiger partial charge in [-0.05, 0) is 19.1 Å². The number of nitrogens with zero attached hydrogens (tertiary/aromatic N) is 3.